The van der Waals surface area contributed by atoms with Crippen molar-refractivity contribution in [3.63, 3.8) is 0 Å². The lowest BCUT2D eigenvalue weighted by atomic mass is 10.0. The second-order valence-electron chi connectivity index (χ2n) is 5.40. The van der Waals surface area contributed by atoms with Gasteiger partial charge in [-0.05, 0) is 19.1 Å². The molecule has 1 saturated heterocycles. The third kappa shape index (κ3) is 2.33. The summed E-state index contributed by atoms with van der Waals surface area (Å²) in [6.07, 6.45) is 1.64. The number of aryl methyl sites for hydroxylation is 1. The SMILES string of the molecule is CO[C@@H]1CN(C(=O)c2ccc(C)n2C)C[C@H]1c1cn[nH]n1. The Bertz CT molecular complexity index is 634. The first kappa shape index (κ1) is 13.8. The lowest BCUT2D eigenvalue weighted by molar-refractivity contribution is 0.0706. The van der Waals surface area contributed by atoms with Crippen LogP contribution in [0.2, 0.25) is 0 Å². The molecular weight excluding hydrogens is 270 g/mol. The molecule has 0 saturated carbocycles. The maximum absolute atomic E-state index is 12.7. The summed E-state index contributed by atoms with van der Waals surface area (Å²) < 4.78 is 7.43. The Morgan fingerprint density at radius 3 is 2.81 bits per heavy atom. The number of nitrogens with zero attached hydrogens (tertiary/aromatic N) is 4. The van der Waals surface area contributed by atoms with Crippen LogP contribution in [0.5, 0.6) is 0 Å². The van der Waals surface area contributed by atoms with Gasteiger partial charge in [-0.2, -0.15) is 15.4 Å². The van der Waals surface area contributed by atoms with Gasteiger partial charge < -0.3 is 14.2 Å². The van der Waals surface area contributed by atoms with Crippen LogP contribution in [0.15, 0.2) is 18.3 Å². The van der Waals surface area contributed by atoms with Gasteiger partial charge in [-0.15, -0.1) is 0 Å². The predicted molar refractivity (Wildman–Crippen MR) is 76.0 cm³/mol. The van der Waals surface area contributed by atoms with E-state index in [-0.39, 0.29) is 17.9 Å². The molecule has 7 nitrogen and oxygen atoms in total. The van der Waals surface area contributed by atoms with Crippen LogP contribution < -0.4 is 0 Å². The maximum Gasteiger partial charge on any atom is 0.270 e. The highest BCUT2D eigenvalue weighted by molar-refractivity contribution is 5.93. The molecule has 112 valence electrons. The summed E-state index contributed by atoms with van der Waals surface area (Å²) in [6, 6.07) is 3.81. The van der Waals surface area contributed by atoms with Gasteiger partial charge in [0.05, 0.1) is 23.9 Å². The first-order valence-corrected chi connectivity index (χ1v) is 6.92. The van der Waals surface area contributed by atoms with Gasteiger partial charge in [-0.3, -0.25) is 4.79 Å². The molecule has 2 aromatic rings. The van der Waals surface area contributed by atoms with Crippen molar-refractivity contribution in [1.82, 2.24) is 24.9 Å². The predicted octanol–water partition coefficient (Wildman–Crippen LogP) is 0.706. The van der Waals surface area contributed by atoms with Crippen LogP contribution in [0.3, 0.4) is 0 Å². The van der Waals surface area contributed by atoms with Crippen molar-refractivity contribution < 1.29 is 9.53 Å². The molecule has 0 unspecified atom stereocenters. The number of aromatic nitrogens is 4. The number of carbonyl (C=O) groups excluding carboxylic acids is 1. The van der Waals surface area contributed by atoms with Crippen molar-refractivity contribution in [3.8, 4) is 0 Å². The number of hydrogen-bond acceptors (Lipinski definition) is 4. The number of nitrogens with one attached hydrogen (secondary N) is 1. The summed E-state index contributed by atoms with van der Waals surface area (Å²) in [7, 11) is 3.57. The van der Waals surface area contributed by atoms with E-state index in [2.05, 4.69) is 15.4 Å². The van der Waals surface area contributed by atoms with Crippen molar-refractivity contribution in [1.29, 1.82) is 0 Å². The molecule has 0 aliphatic carbocycles. The van der Waals surface area contributed by atoms with Gasteiger partial charge in [0.25, 0.3) is 5.91 Å². The van der Waals surface area contributed by atoms with Crippen LogP contribution in [0.25, 0.3) is 0 Å². The molecule has 0 bridgehead atoms. The fourth-order valence-electron chi connectivity index (χ4n) is 2.84. The smallest absolute Gasteiger partial charge is 0.270 e. The lowest BCUT2D eigenvalue weighted by Gasteiger charge is -2.16. The molecule has 0 radical (unpaired) electrons. The van der Waals surface area contributed by atoms with Crippen LogP contribution in [-0.4, -0.2) is 57.1 Å². The molecule has 1 N–H and O–H groups in total. The molecule has 1 aliphatic rings. The average Bonchev–Trinajstić information content (AvgIpc) is 3.19. The first-order valence-electron chi connectivity index (χ1n) is 6.92. The molecule has 7 heteroatoms. The average molecular weight is 289 g/mol. The van der Waals surface area contributed by atoms with Gasteiger partial charge >= 0.3 is 0 Å². The molecule has 0 aromatic carbocycles. The van der Waals surface area contributed by atoms with Gasteiger partial charge in [-0.1, -0.05) is 0 Å². The Morgan fingerprint density at radius 1 is 1.43 bits per heavy atom. The van der Waals surface area contributed by atoms with E-state index in [1.807, 2.05) is 35.6 Å². The summed E-state index contributed by atoms with van der Waals surface area (Å²) in [5, 5.41) is 10.6. The first-order chi connectivity index (χ1) is 10.1. The zero-order valence-corrected chi connectivity index (χ0v) is 12.4. The Hall–Kier alpha value is -2.15. The summed E-state index contributed by atoms with van der Waals surface area (Å²) in [6.45, 7) is 3.14. The summed E-state index contributed by atoms with van der Waals surface area (Å²) in [4.78, 5) is 14.5. The number of amides is 1. The fourth-order valence-corrected chi connectivity index (χ4v) is 2.84. The van der Waals surface area contributed by atoms with Crippen LogP contribution in [0.1, 0.15) is 27.8 Å². The summed E-state index contributed by atoms with van der Waals surface area (Å²) in [5.41, 5.74) is 2.59. The highest BCUT2D eigenvalue weighted by Gasteiger charge is 2.38. The Balaban J connectivity index is 1.81. The number of methoxy groups -OCH3 is 1. The van der Waals surface area contributed by atoms with Crippen molar-refractivity contribution in [3.05, 3.63) is 35.4 Å². The lowest BCUT2D eigenvalue weighted by Crippen LogP contribution is -2.31. The molecule has 21 heavy (non-hydrogen) atoms. The second-order valence-corrected chi connectivity index (χ2v) is 5.40. The van der Waals surface area contributed by atoms with E-state index in [9.17, 15) is 4.79 Å². The molecular formula is C14H19N5O2. The zero-order valence-electron chi connectivity index (χ0n) is 12.4. The summed E-state index contributed by atoms with van der Waals surface area (Å²) >= 11 is 0. The topological polar surface area (TPSA) is 76.0 Å². The van der Waals surface area contributed by atoms with E-state index in [0.29, 0.717) is 18.8 Å². The number of ether oxygens (including phenoxy) is 1. The Kier molecular flexibility index (Phi) is 3.50. The molecule has 1 amide bonds. The third-order valence-electron chi connectivity index (χ3n) is 4.26. The second kappa shape index (κ2) is 5.33. The molecule has 2 aromatic heterocycles. The number of likely N-dealkylation sites (tertiary alicyclic amines) is 1. The highest BCUT2D eigenvalue weighted by atomic mass is 16.5. The minimum Gasteiger partial charge on any atom is -0.379 e. The van der Waals surface area contributed by atoms with Crippen LogP contribution in [0.4, 0.5) is 0 Å². The normalized spacial score (nSPS) is 22.0. The molecule has 3 heterocycles. The van der Waals surface area contributed by atoms with E-state index in [0.717, 1.165) is 11.4 Å². The van der Waals surface area contributed by atoms with Crippen molar-refractivity contribution >= 4 is 5.91 Å². The molecule has 3 rings (SSSR count). The van der Waals surface area contributed by atoms with E-state index < -0.39 is 0 Å². The van der Waals surface area contributed by atoms with Crippen LogP contribution >= 0.6 is 0 Å². The van der Waals surface area contributed by atoms with Crippen LogP contribution in [0, 0.1) is 6.92 Å². The molecule has 0 spiro atoms. The summed E-state index contributed by atoms with van der Waals surface area (Å²) in [5.74, 6) is 0.0812. The van der Waals surface area contributed by atoms with Crippen molar-refractivity contribution in [2.75, 3.05) is 20.2 Å². The minimum absolute atomic E-state index is 0.0265. The largest absolute Gasteiger partial charge is 0.379 e. The van der Waals surface area contributed by atoms with E-state index in [4.69, 9.17) is 4.74 Å². The van der Waals surface area contributed by atoms with E-state index >= 15 is 0 Å². The van der Waals surface area contributed by atoms with E-state index in [1.165, 1.54) is 0 Å². The maximum atomic E-state index is 12.7. The van der Waals surface area contributed by atoms with Gasteiger partial charge in [0.15, 0.2) is 0 Å². The molecule has 1 fully saturated rings. The van der Waals surface area contributed by atoms with Gasteiger partial charge in [-0.25, -0.2) is 0 Å². The van der Waals surface area contributed by atoms with Crippen molar-refractivity contribution in [2.45, 2.75) is 18.9 Å². The number of carbonyl (C=O) groups is 1. The number of rotatable bonds is 3. The quantitative estimate of drug-likeness (QED) is 0.902. The Morgan fingerprint density at radius 2 is 2.24 bits per heavy atom. The zero-order chi connectivity index (χ0) is 15.0. The van der Waals surface area contributed by atoms with Crippen molar-refractivity contribution in [2.24, 2.45) is 7.05 Å². The van der Waals surface area contributed by atoms with Gasteiger partial charge in [0.1, 0.15) is 5.69 Å². The number of aromatic amines is 1. The Labute approximate surface area is 122 Å². The van der Waals surface area contributed by atoms with Gasteiger partial charge in [0.2, 0.25) is 0 Å². The fraction of sp³-hybridized carbons (Fsp3) is 0.500. The van der Waals surface area contributed by atoms with Gasteiger partial charge in [0, 0.05) is 32.9 Å². The van der Waals surface area contributed by atoms with E-state index in [1.54, 1.807) is 13.3 Å². The molecule has 1 aliphatic heterocycles. The number of H-pyrrole nitrogens is 1. The monoisotopic (exact) mass is 289 g/mol. The standard InChI is InChI=1S/C14H19N5O2/c1-9-4-5-12(18(9)2)14(20)19-7-10(13(8-19)21-3)11-6-15-17-16-11/h4-6,10,13H,7-8H2,1-3H3,(H,15,16,17)/t10-,13+/m0/s1. The molecule has 2 atom stereocenters. The minimum atomic E-state index is -0.0552. The third-order valence-corrected chi connectivity index (χ3v) is 4.26. The van der Waals surface area contributed by atoms with Crippen LogP contribution in [-0.2, 0) is 11.8 Å². The number of hydrogen-bond donors (Lipinski definition) is 1. The highest BCUT2D eigenvalue weighted by Crippen LogP contribution is 2.29.